The molecule has 0 amide bonds. The number of ketones is 1. The summed E-state index contributed by atoms with van der Waals surface area (Å²) in [4.78, 5) is 11.9. The largest absolute Gasteiger partial charge is 0.360 e. The SMILES string of the molecule is CCc1ccc(C(=O)/C=C\Nc2cc(C)on2)cc1. The molecule has 4 nitrogen and oxygen atoms in total. The summed E-state index contributed by atoms with van der Waals surface area (Å²) in [5, 5.41) is 6.64. The highest BCUT2D eigenvalue weighted by Gasteiger charge is 2.01. The lowest BCUT2D eigenvalue weighted by Crippen LogP contribution is -1.96. The molecule has 0 aliphatic rings. The molecule has 0 aliphatic carbocycles. The molecule has 0 saturated heterocycles. The van der Waals surface area contributed by atoms with E-state index >= 15 is 0 Å². The van der Waals surface area contributed by atoms with Gasteiger partial charge in [0.25, 0.3) is 0 Å². The van der Waals surface area contributed by atoms with Gasteiger partial charge in [-0.3, -0.25) is 4.79 Å². The van der Waals surface area contributed by atoms with Crippen LogP contribution in [-0.2, 0) is 6.42 Å². The van der Waals surface area contributed by atoms with Crippen LogP contribution in [0.1, 0.15) is 28.6 Å². The van der Waals surface area contributed by atoms with Crippen molar-refractivity contribution >= 4 is 11.6 Å². The zero-order valence-electron chi connectivity index (χ0n) is 11.0. The predicted octanol–water partition coefficient (Wildman–Crippen LogP) is 3.35. The third-order valence-corrected chi connectivity index (χ3v) is 2.74. The molecule has 98 valence electrons. The Hall–Kier alpha value is -2.36. The fourth-order valence-corrected chi connectivity index (χ4v) is 1.64. The zero-order chi connectivity index (χ0) is 13.7. The second kappa shape index (κ2) is 6.00. The van der Waals surface area contributed by atoms with Crippen LogP contribution >= 0.6 is 0 Å². The smallest absolute Gasteiger partial charge is 0.187 e. The number of aromatic nitrogens is 1. The normalized spacial score (nSPS) is 10.8. The Morgan fingerprint density at radius 1 is 1.37 bits per heavy atom. The van der Waals surface area contributed by atoms with Crippen LogP contribution in [0, 0.1) is 6.92 Å². The Bertz CT molecular complexity index is 582. The van der Waals surface area contributed by atoms with E-state index in [1.807, 2.05) is 31.2 Å². The van der Waals surface area contributed by atoms with Gasteiger partial charge in [0.05, 0.1) is 0 Å². The van der Waals surface area contributed by atoms with Gasteiger partial charge in [-0.25, -0.2) is 0 Å². The standard InChI is InChI=1S/C15H16N2O2/c1-3-12-4-6-13(7-5-12)14(18)8-9-16-15-10-11(2)19-17-15/h4-10H,3H2,1-2H3,(H,16,17)/b9-8-. The molecule has 0 unspecified atom stereocenters. The molecule has 0 radical (unpaired) electrons. The molecule has 0 spiro atoms. The van der Waals surface area contributed by atoms with Crippen molar-refractivity contribution in [3.8, 4) is 0 Å². The highest BCUT2D eigenvalue weighted by Crippen LogP contribution is 2.08. The summed E-state index contributed by atoms with van der Waals surface area (Å²) in [5.74, 6) is 1.26. The maximum absolute atomic E-state index is 11.9. The Kier molecular flexibility index (Phi) is 4.13. The van der Waals surface area contributed by atoms with E-state index in [4.69, 9.17) is 4.52 Å². The van der Waals surface area contributed by atoms with Crippen LogP contribution in [-0.4, -0.2) is 10.9 Å². The molecule has 2 rings (SSSR count). The van der Waals surface area contributed by atoms with Gasteiger partial charge < -0.3 is 9.84 Å². The maximum Gasteiger partial charge on any atom is 0.187 e. The summed E-state index contributed by atoms with van der Waals surface area (Å²) in [6.45, 7) is 3.89. The first-order chi connectivity index (χ1) is 9.19. The number of carbonyl (C=O) groups is 1. The van der Waals surface area contributed by atoms with Crippen LogP contribution in [0.5, 0.6) is 0 Å². The summed E-state index contributed by atoms with van der Waals surface area (Å²) >= 11 is 0. The Balaban J connectivity index is 1.96. The molecule has 1 heterocycles. The van der Waals surface area contributed by atoms with Gasteiger partial charge in [0.2, 0.25) is 0 Å². The predicted molar refractivity (Wildman–Crippen MR) is 74.2 cm³/mol. The lowest BCUT2D eigenvalue weighted by Gasteiger charge is -1.98. The fraction of sp³-hybridized carbons (Fsp3) is 0.200. The highest BCUT2D eigenvalue weighted by atomic mass is 16.5. The van der Waals surface area contributed by atoms with Crippen molar-refractivity contribution in [1.29, 1.82) is 0 Å². The van der Waals surface area contributed by atoms with Gasteiger partial charge in [0.1, 0.15) is 5.76 Å². The summed E-state index contributed by atoms with van der Waals surface area (Å²) < 4.78 is 4.90. The minimum absolute atomic E-state index is 0.0460. The van der Waals surface area contributed by atoms with Crippen molar-refractivity contribution in [2.75, 3.05) is 5.32 Å². The molecule has 1 N–H and O–H groups in total. The average Bonchev–Trinajstić information content (AvgIpc) is 2.84. The molecule has 19 heavy (non-hydrogen) atoms. The van der Waals surface area contributed by atoms with E-state index < -0.39 is 0 Å². The van der Waals surface area contributed by atoms with E-state index in [0.717, 1.165) is 12.2 Å². The van der Waals surface area contributed by atoms with Crippen LogP contribution < -0.4 is 5.32 Å². The van der Waals surface area contributed by atoms with Gasteiger partial charge in [-0.15, -0.1) is 0 Å². The number of rotatable bonds is 5. The molecule has 4 heteroatoms. The number of hydrogen-bond acceptors (Lipinski definition) is 4. The first kappa shape index (κ1) is 13.1. The van der Waals surface area contributed by atoms with Crippen molar-refractivity contribution in [2.24, 2.45) is 0 Å². The molecule has 0 saturated carbocycles. The van der Waals surface area contributed by atoms with Crippen LogP contribution in [0.2, 0.25) is 0 Å². The number of nitrogens with zero attached hydrogens (tertiary/aromatic N) is 1. The number of carbonyl (C=O) groups excluding carboxylic acids is 1. The van der Waals surface area contributed by atoms with E-state index in [1.54, 1.807) is 12.3 Å². The third-order valence-electron chi connectivity index (χ3n) is 2.74. The third kappa shape index (κ3) is 3.55. The van der Waals surface area contributed by atoms with Crippen LogP contribution in [0.3, 0.4) is 0 Å². The van der Waals surface area contributed by atoms with Gasteiger partial charge in [0.15, 0.2) is 11.6 Å². The molecule has 1 aromatic heterocycles. The van der Waals surface area contributed by atoms with Gasteiger partial charge in [-0.2, -0.15) is 0 Å². The first-order valence-corrected chi connectivity index (χ1v) is 6.18. The summed E-state index contributed by atoms with van der Waals surface area (Å²) in [5.41, 5.74) is 1.89. The molecule has 0 bridgehead atoms. The number of aryl methyl sites for hydroxylation is 2. The first-order valence-electron chi connectivity index (χ1n) is 6.18. The van der Waals surface area contributed by atoms with Crippen molar-refractivity contribution in [2.45, 2.75) is 20.3 Å². The molecule has 0 aliphatic heterocycles. The summed E-state index contributed by atoms with van der Waals surface area (Å²) in [7, 11) is 0. The van der Waals surface area contributed by atoms with E-state index in [9.17, 15) is 4.79 Å². The Labute approximate surface area is 112 Å². The summed E-state index contributed by atoms with van der Waals surface area (Å²) in [6, 6.07) is 9.37. The quantitative estimate of drug-likeness (QED) is 0.658. The van der Waals surface area contributed by atoms with Gasteiger partial charge >= 0.3 is 0 Å². The Morgan fingerprint density at radius 2 is 2.11 bits per heavy atom. The van der Waals surface area contributed by atoms with E-state index in [-0.39, 0.29) is 5.78 Å². The van der Waals surface area contributed by atoms with Gasteiger partial charge in [0, 0.05) is 23.9 Å². The number of anilines is 1. The molecule has 0 fully saturated rings. The minimum Gasteiger partial charge on any atom is -0.360 e. The lowest BCUT2D eigenvalue weighted by molar-refractivity contribution is 0.104. The van der Waals surface area contributed by atoms with Gasteiger partial charge in [-0.05, 0) is 18.9 Å². The van der Waals surface area contributed by atoms with Crippen LogP contribution in [0.15, 0.2) is 47.1 Å². The minimum atomic E-state index is -0.0460. The monoisotopic (exact) mass is 256 g/mol. The van der Waals surface area contributed by atoms with Crippen molar-refractivity contribution in [3.63, 3.8) is 0 Å². The van der Waals surface area contributed by atoms with Crippen LogP contribution in [0.25, 0.3) is 0 Å². The number of hydrogen-bond donors (Lipinski definition) is 1. The molecule has 1 aromatic carbocycles. The topological polar surface area (TPSA) is 55.1 Å². The Morgan fingerprint density at radius 3 is 2.68 bits per heavy atom. The van der Waals surface area contributed by atoms with Gasteiger partial charge in [-0.1, -0.05) is 36.3 Å². The molecular weight excluding hydrogens is 240 g/mol. The summed E-state index contributed by atoms with van der Waals surface area (Å²) in [6.07, 6.45) is 4.01. The maximum atomic E-state index is 11.9. The number of benzene rings is 1. The molecule has 0 atom stereocenters. The van der Waals surface area contributed by atoms with E-state index in [2.05, 4.69) is 17.4 Å². The van der Waals surface area contributed by atoms with Crippen molar-refractivity contribution < 1.29 is 9.32 Å². The number of nitrogens with one attached hydrogen (secondary N) is 1. The second-order valence-electron chi connectivity index (χ2n) is 4.22. The average molecular weight is 256 g/mol. The molecule has 2 aromatic rings. The fourth-order valence-electron chi connectivity index (χ4n) is 1.64. The van der Waals surface area contributed by atoms with E-state index in [1.165, 1.54) is 11.6 Å². The lowest BCUT2D eigenvalue weighted by atomic mass is 10.1. The number of allylic oxidation sites excluding steroid dienone is 1. The van der Waals surface area contributed by atoms with Crippen molar-refractivity contribution in [1.82, 2.24) is 5.16 Å². The molecular formula is C15H16N2O2. The van der Waals surface area contributed by atoms with Crippen LogP contribution in [0.4, 0.5) is 5.82 Å². The second-order valence-corrected chi connectivity index (χ2v) is 4.22. The van der Waals surface area contributed by atoms with Crippen molar-refractivity contribution in [3.05, 3.63) is 59.5 Å². The highest BCUT2D eigenvalue weighted by molar-refractivity contribution is 6.04. The zero-order valence-corrected chi connectivity index (χ0v) is 11.0. The van der Waals surface area contributed by atoms with E-state index in [0.29, 0.717) is 11.4 Å².